The molecule has 0 aromatic heterocycles. The van der Waals surface area contributed by atoms with Crippen LogP contribution in [-0.2, 0) is 32.7 Å². The van der Waals surface area contributed by atoms with E-state index in [0.717, 1.165) is 17.6 Å². The molecular weight excluding hydrogens is 303 g/mol. The van der Waals surface area contributed by atoms with Crippen molar-refractivity contribution in [1.29, 1.82) is 0 Å². The van der Waals surface area contributed by atoms with Crippen molar-refractivity contribution in [3.05, 3.63) is 42.6 Å². The molecule has 0 unspecified atom stereocenters. The third kappa shape index (κ3) is 4.09. The van der Waals surface area contributed by atoms with E-state index in [-0.39, 0.29) is 32.7 Å². The topological polar surface area (TPSA) is 3.24 Å². The van der Waals surface area contributed by atoms with Crippen LogP contribution in [0.1, 0.15) is 0 Å². The maximum Gasteiger partial charge on any atom is 0.0318 e. The summed E-state index contributed by atoms with van der Waals surface area (Å²) in [4.78, 5) is 2.10. The van der Waals surface area contributed by atoms with Gasteiger partial charge in [-0.15, -0.1) is 13.1 Å². The molecule has 0 atom stereocenters. The van der Waals surface area contributed by atoms with Crippen LogP contribution in [0.3, 0.4) is 0 Å². The Kier molecular flexibility index (Phi) is 7.29. The third-order valence-corrected chi connectivity index (χ3v) is 2.26. The zero-order chi connectivity index (χ0) is 8.97. The molecule has 1 rings (SSSR count). The third-order valence-electron chi connectivity index (χ3n) is 1.73. The van der Waals surface area contributed by atoms with E-state index in [1.54, 1.807) is 0 Å². The van der Waals surface area contributed by atoms with Crippen molar-refractivity contribution in [1.82, 2.24) is 0 Å². The van der Waals surface area contributed by atoms with E-state index < -0.39 is 0 Å². The van der Waals surface area contributed by atoms with E-state index in [4.69, 9.17) is 0 Å². The smallest absolute Gasteiger partial charge is 0.0318 e. The van der Waals surface area contributed by atoms with Gasteiger partial charge in [0, 0.05) is 42.9 Å². The summed E-state index contributed by atoms with van der Waals surface area (Å²) in [6, 6.07) is 8.15. The van der Waals surface area contributed by atoms with Gasteiger partial charge in [-0.05, 0) is 24.3 Å². The number of rotatable bonds is 3. The molecule has 1 aromatic rings. The molecule has 0 aliphatic carbocycles. The monoisotopic (exact) mass is 314 g/mol. The number of halogens is 1. The molecular formula is C10H12BrNY-2. The van der Waals surface area contributed by atoms with E-state index >= 15 is 0 Å². The van der Waals surface area contributed by atoms with Gasteiger partial charge < -0.3 is 18.7 Å². The minimum Gasteiger partial charge on any atom is -0.432 e. The Bertz CT molecular complexity index is 231. The van der Waals surface area contributed by atoms with E-state index in [2.05, 4.69) is 46.8 Å². The molecule has 3 heteroatoms. The quantitative estimate of drug-likeness (QED) is 0.775. The summed E-state index contributed by atoms with van der Waals surface area (Å²) in [7, 11) is 0. The first-order valence-corrected chi connectivity index (χ1v) is 4.66. The Morgan fingerprint density at radius 2 is 1.54 bits per heavy atom. The molecule has 0 amide bonds. The fraction of sp³-hybridized carbons (Fsp3) is 0.200. The molecule has 0 saturated carbocycles. The molecule has 0 heterocycles. The fourth-order valence-corrected chi connectivity index (χ4v) is 1.29. The van der Waals surface area contributed by atoms with Crippen LogP contribution < -0.4 is 4.90 Å². The van der Waals surface area contributed by atoms with Crippen molar-refractivity contribution < 1.29 is 32.7 Å². The van der Waals surface area contributed by atoms with Gasteiger partial charge in [-0.1, -0.05) is 15.9 Å². The van der Waals surface area contributed by atoms with Crippen molar-refractivity contribution in [3.63, 3.8) is 0 Å². The Hall–Kier alpha value is 0.604. The van der Waals surface area contributed by atoms with Crippen molar-refractivity contribution in [3.8, 4) is 0 Å². The maximum atomic E-state index is 3.83. The van der Waals surface area contributed by atoms with Crippen LogP contribution in [0, 0.1) is 13.8 Å². The predicted molar refractivity (Wildman–Crippen MR) is 57.1 cm³/mol. The van der Waals surface area contributed by atoms with Crippen LogP contribution >= 0.6 is 15.9 Å². The van der Waals surface area contributed by atoms with Crippen LogP contribution in [-0.4, -0.2) is 13.1 Å². The zero-order valence-electron chi connectivity index (χ0n) is 7.54. The molecule has 1 radical (unpaired) electrons. The molecule has 13 heavy (non-hydrogen) atoms. The molecule has 0 saturated heterocycles. The summed E-state index contributed by atoms with van der Waals surface area (Å²) in [5.41, 5.74) is 1.17. The summed E-state index contributed by atoms with van der Waals surface area (Å²) in [5.74, 6) is 0. The van der Waals surface area contributed by atoms with Crippen LogP contribution in [0.2, 0.25) is 0 Å². The van der Waals surface area contributed by atoms with Gasteiger partial charge in [0.15, 0.2) is 0 Å². The standard InChI is InChI=1S/C10H12BrN.Y/c1-3-12(4-2)10-7-5-9(11)6-8-10;/h5-8H,1-4H2;/q-2;. The minimum atomic E-state index is 0. The van der Waals surface area contributed by atoms with Crippen molar-refractivity contribution in [2.75, 3.05) is 18.0 Å². The number of anilines is 1. The minimum absolute atomic E-state index is 0. The molecule has 0 aliphatic heterocycles. The largest absolute Gasteiger partial charge is 0.432 e. The summed E-state index contributed by atoms with van der Waals surface area (Å²) < 4.78 is 1.10. The average molecular weight is 315 g/mol. The molecule has 69 valence electrons. The number of nitrogens with zero attached hydrogens (tertiary/aromatic N) is 1. The second-order valence-electron chi connectivity index (χ2n) is 2.46. The van der Waals surface area contributed by atoms with Crippen LogP contribution in [0.25, 0.3) is 0 Å². The number of benzene rings is 1. The van der Waals surface area contributed by atoms with Crippen LogP contribution in [0.15, 0.2) is 28.7 Å². The van der Waals surface area contributed by atoms with Gasteiger partial charge in [0.25, 0.3) is 0 Å². The second kappa shape index (κ2) is 6.97. The van der Waals surface area contributed by atoms with Gasteiger partial charge in [-0.2, -0.15) is 0 Å². The Morgan fingerprint density at radius 3 is 1.92 bits per heavy atom. The Labute approximate surface area is 114 Å². The molecule has 0 spiro atoms. The van der Waals surface area contributed by atoms with Crippen molar-refractivity contribution in [2.24, 2.45) is 0 Å². The molecule has 0 bridgehead atoms. The zero-order valence-corrected chi connectivity index (χ0v) is 12.0. The van der Waals surface area contributed by atoms with Gasteiger partial charge in [0.2, 0.25) is 0 Å². The van der Waals surface area contributed by atoms with E-state index in [1.165, 1.54) is 5.69 Å². The van der Waals surface area contributed by atoms with Gasteiger partial charge in [0.05, 0.1) is 0 Å². The summed E-state index contributed by atoms with van der Waals surface area (Å²) >= 11 is 3.39. The second-order valence-corrected chi connectivity index (χ2v) is 3.38. The first-order chi connectivity index (χ1) is 5.77. The normalized spacial score (nSPS) is 9.15. The van der Waals surface area contributed by atoms with Crippen LogP contribution in [0.5, 0.6) is 0 Å². The van der Waals surface area contributed by atoms with Crippen molar-refractivity contribution >= 4 is 21.6 Å². The van der Waals surface area contributed by atoms with Gasteiger partial charge in [-0.25, -0.2) is 0 Å². The molecule has 1 nitrogen and oxygen atoms in total. The first kappa shape index (κ1) is 13.6. The van der Waals surface area contributed by atoms with Gasteiger partial charge in [-0.3, -0.25) is 0 Å². The van der Waals surface area contributed by atoms with Crippen molar-refractivity contribution in [2.45, 2.75) is 0 Å². The average Bonchev–Trinajstić information content (AvgIpc) is 2.10. The number of hydrogen-bond donors (Lipinski definition) is 0. The summed E-state index contributed by atoms with van der Waals surface area (Å²) in [6.07, 6.45) is 0. The van der Waals surface area contributed by atoms with Crippen LogP contribution in [0.4, 0.5) is 5.69 Å². The summed E-state index contributed by atoms with van der Waals surface area (Å²) in [6.45, 7) is 9.17. The Balaban J connectivity index is 0.00000144. The molecule has 0 fully saturated rings. The Morgan fingerprint density at radius 1 is 1.08 bits per heavy atom. The predicted octanol–water partition coefficient (Wildman–Crippen LogP) is 2.92. The van der Waals surface area contributed by atoms with E-state index in [1.807, 2.05) is 12.1 Å². The molecule has 0 aliphatic rings. The first-order valence-electron chi connectivity index (χ1n) is 3.87. The van der Waals surface area contributed by atoms with E-state index in [9.17, 15) is 0 Å². The van der Waals surface area contributed by atoms with E-state index in [0.29, 0.717) is 0 Å². The molecule has 0 N–H and O–H groups in total. The number of hydrogen-bond acceptors (Lipinski definition) is 1. The summed E-state index contributed by atoms with van der Waals surface area (Å²) in [5, 5.41) is 0. The SMILES string of the molecule is [CH2-]CN(C[CH2-])c1ccc(Br)cc1.[Y]. The maximum absolute atomic E-state index is 3.83. The van der Waals surface area contributed by atoms with Gasteiger partial charge >= 0.3 is 0 Å². The fourth-order valence-electron chi connectivity index (χ4n) is 1.02. The molecule has 1 aromatic carbocycles. The van der Waals surface area contributed by atoms with Gasteiger partial charge in [0.1, 0.15) is 0 Å².